The molecule has 0 saturated heterocycles. The zero-order valence-corrected chi connectivity index (χ0v) is 19.5. The highest BCUT2D eigenvalue weighted by Crippen LogP contribution is 2.31. The van der Waals surface area contributed by atoms with Crippen molar-refractivity contribution in [1.29, 1.82) is 0 Å². The monoisotopic (exact) mass is 440 g/mol. The molecule has 4 nitrogen and oxygen atoms in total. The third-order valence-corrected chi connectivity index (χ3v) is 6.22. The predicted octanol–water partition coefficient (Wildman–Crippen LogP) is 4.47. The summed E-state index contributed by atoms with van der Waals surface area (Å²) in [5.41, 5.74) is 3.40. The summed E-state index contributed by atoms with van der Waals surface area (Å²) in [5, 5.41) is 2.10. The van der Waals surface area contributed by atoms with E-state index in [9.17, 15) is 0 Å². The highest BCUT2D eigenvalue weighted by atomic mass is 31.0. The molecule has 0 bridgehead atoms. The molecular weight excluding hydrogens is 414 g/mol. The third kappa shape index (κ3) is 5.14. The molecule has 0 radical (unpaired) electrons. The van der Waals surface area contributed by atoms with Crippen LogP contribution in [-0.4, -0.2) is 27.4 Å². The molecular formula is C24H26O4P2. The van der Waals surface area contributed by atoms with E-state index in [4.69, 9.17) is 18.9 Å². The lowest BCUT2D eigenvalue weighted by Gasteiger charge is -2.15. The van der Waals surface area contributed by atoms with Crippen LogP contribution in [0.1, 0.15) is 5.56 Å². The second kappa shape index (κ2) is 10.5. The average molecular weight is 440 g/mol. The molecule has 0 heterocycles. The minimum absolute atomic E-state index is 0.413. The molecule has 156 valence electrons. The lowest BCUT2D eigenvalue weighted by molar-refractivity contribution is 0.217. The molecule has 0 fully saturated rings. The van der Waals surface area contributed by atoms with Crippen LogP contribution in [0.2, 0.25) is 0 Å². The zero-order chi connectivity index (χ0) is 21.5. The van der Waals surface area contributed by atoms with Gasteiger partial charge in [-0.05, 0) is 40.2 Å². The van der Waals surface area contributed by atoms with Crippen molar-refractivity contribution in [2.75, 3.05) is 27.4 Å². The summed E-state index contributed by atoms with van der Waals surface area (Å²) in [6.07, 6.45) is 1.84. The zero-order valence-electron chi connectivity index (χ0n) is 17.2. The Morgan fingerprint density at radius 2 is 1.43 bits per heavy atom. The van der Waals surface area contributed by atoms with Gasteiger partial charge >= 0.3 is 0 Å². The summed E-state index contributed by atoms with van der Waals surface area (Å²) in [7, 11) is 8.79. The number of hydrogen-bond acceptors (Lipinski definition) is 4. The van der Waals surface area contributed by atoms with Crippen molar-refractivity contribution in [3.8, 4) is 34.1 Å². The van der Waals surface area contributed by atoms with E-state index in [-0.39, 0.29) is 0 Å². The Balaban J connectivity index is 1.62. The van der Waals surface area contributed by atoms with Crippen molar-refractivity contribution in [2.24, 2.45) is 0 Å². The lowest BCUT2D eigenvalue weighted by atomic mass is 10.0. The molecule has 0 saturated carbocycles. The summed E-state index contributed by atoms with van der Waals surface area (Å²) in [5.74, 6) is 2.81. The smallest absolute Gasteiger partial charge is 0.164 e. The first-order valence-electron chi connectivity index (χ1n) is 9.45. The first-order chi connectivity index (χ1) is 14.6. The van der Waals surface area contributed by atoms with Gasteiger partial charge in [0.1, 0.15) is 24.7 Å². The van der Waals surface area contributed by atoms with Crippen molar-refractivity contribution in [1.82, 2.24) is 0 Å². The van der Waals surface area contributed by atoms with Crippen LogP contribution in [0.3, 0.4) is 0 Å². The highest BCUT2D eigenvalue weighted by Gasteiger charge is 2.10. The van der Waals surface area contributed by atoms with E-state index >= 15 is 0 Å². The van der Waals surface area contributed by atoms with Gasteiger partial charge in [-0.2, -0.15) is 0 Å². The van der Waals surface area contributed by atoms with Crippen LogP contribution in [0.5, 0.6) is 23.0 Å². The molecule has 0 aliphatic rings. The van der Waals surface area contributed by atoms with E-state index in [0.717, 1.165) is 33.0 Å². The van der Waals surface area contributed by atoms with Crippen LogP contribution in [0.4, 0.5) is 0 Å². The predicted molar refractivity (Wildman–Crippen MR) is 131 cm³/mol. The topological polar surface area (TPSA) is 36.9 Å². The van der Waals surface area contributed by atoms with Crippen LogP contribution in [-0.2, 0) is 0 Å². The maximum Gasteiger partial charge on any atom is 0.164 e. The van der Waals surface area contributed by atoms with E-state index in [1.165, 1.54) is 0 Å². The van der Waals surface area contributed by atoms with Gasteiger partial charge in [-0.1, -0.05) is 43.0 Å². The Morgan fingerprint density at radius 1 is 0.767 bits per heavy atom. The normalized spacial score (nSPS) is 10.4. The second-order valence-electron chi connectivity index (χ2n) is 6.48. The summed E-state index contributed by atoms with van der Waals surface area (Å²) in [6.45, 7) is 4.64. The largest absolute Gasteiger partial charge is 0.493 e. The summed E-state index contributed by atoms with van der Waals surface area (Å²) in [6, 6.07) is 17.8. The second-order valence-corrected chi connectivity index (χ2v) is 7.63. The first-order valence-corrected chi connectivity index (χ1v) is 10.6. The number of hydrogen-bond donors (Lipinski definition) is 0. The summed E-state index contributed by atoms with van der Waals surface area (Å²) in [4.78, 5) is 0. The van der Waals surface area contributed by atoms with E-state index in [1.54, 1.807) is 20.3 Å². The van der Waals surface area contributed by atoms with Crippen LogP contribution < -0.4 is 29.6 Å². The summed E-state index contributed by atoms with van der Waals surface area (Å²) < 4.78 is 22.2. The fourth-order valence-electron chi connectivity index (χ4n) is 3.01. The molecule has 3 aromatic carbocycles. The maximum atomic E-state index is 5.94. The van der Waals surface area contributed by atoms with E-state index < -0.39 is 0 Å². The van der Waals surface area contributed by atoms with Gasteiger partial charge in [0.15, 0.2) is 11.5 Å². The van der Waals surface area contributed by atoms with Crippen molar-refractivity contribution < 1.29 is 18.9 Å². The van der Waals surface area contributed by atoms with Crippen molar-refractivity contribution in [2.45, 2.75) is 0 Å². The van der Waals surface area contributed by atoms with E-state index in [0.29, 0.717) is 30.5 Å². The standard InChI is InChI=1S/C24H26O4P2/c1-4-16-5-7-17(8-6-16)19-10-12-21(24(30)23(19)29)28-14-13-27-18-9-11-20(25-2)22(15-18)26-3/h4-12,15H,1,13-14,29-30H2,2-3H3. The van der Waals surface area contributed by atoms with Gasteiger partial charge in [-0.15, -0.1) is 18.5 Å². The number of methoxy groups -OCH3 is 2. The van der Waals surface area contributed by atoms with Gasteiger partial charge in [0, 0.05) is 11.4 Å². The molecule has 3 aromatic rings. The van der Waals surface area contributed by atoms with Gasteiger partial charge in [-0.25, -0.2) is 0 Å². The molecule has 6 heteroatoms. The first kappa shape index (κ1) is 22.2. The lowest BCUT2D eigenvalue weighted by Crippen LogP contribution is -2.19. The minimum Gasteiger partial charge on any atom is -0.493 e. The van der Waals surface area contributed by atoms with Gasteiger partial charge in [0.25, 0.3) is 0 Å². The van der Waals surface area contributed by atoms with Gasteiger partial charge in [-0.3, -0.25) is 0 Å². The molecule has 0 N–H and O–H groups in total. The molecule has 0 amide bonds. The summed E-state index contributed by atoms with van der Waals surface area (Å²) >= 11 is 0. The average Bonchev–Trinajstić information content (AvgIpc) is 2.79. The van der Waals surface area contributed by atoms with Crippen LogP contribution in [0.15, 0.2) is 61.2 Å². The molecule has 0 aromatic heterocycles. The highest BCUT2D eigenvalue weighted by molar-refractivity contribution is 7.36. The quantitative estimate of drug-likeness (QED) is 0.363. The molecule has 0 aliphatic heterocycles. The fraction of sp³-hybridized carbons (Fsp3) is 0.167. The third-order valence-electron chi connectivity index (χ3n) is 4.67. The van der Waals surface area contributed by atoms with Crippen LogP contribution in [0.25, 0.3) is 17.2 Å². The van der Waals surface area contributed by atoms with Gasteiger partial charge in [0.05, 0.1) is 14.2 Å². The van der Waals surface area contributed by atoms with Crippen molar-refractivity contribution in [3.63, 3.8) is 0 Å². The number of rotatable bonds is 9. The Labute approximate surface area is 182 Å². The van der Waals surface area contributed by atoms with E-state index in [1.807, 2.05) is 24.3 Å². The Kier molecular flexibility index (Phi) is 7.74. The Bertz CT molecular complexity index is 1020. The Hall–Kier alpha value is -2.54. The molecule has 2 unspecified atom stereocenters. The molecule has 3 rings (SSSR count). The van der Waals surface area contributed by atoms with Crippen LogP contribution >= 0.6 is 18.5 Å². The molecule has 0 spiro atoms. The Morgan fingerprint density at radius 3 is 2.10 bits per heavy atom. The van der Waals surface area contributed by atoms with Crippen LogP contribution in [0, 0.1) is 0 Å². The fourth-order valence-corrected chi connectivity index (χ4v) is 3.75. The van der Waals surface area contributed by atoms with Gasteiger partial charge in [0.2, 0.25) is 0 Å². The van der Waals surface area contributed by atoms with Gasteiger partial charge < -0.3 is 18.9 Å². The van der Waals surface area contributed by atoms with Crippen molar-refractivity contribution >= 4 is 35.2 Å². The maximum absolute atomic E-state index is 5.94. The number of ether oxygens (including phenoxy) is 4. The van der Waals surface area contributed by atoms with E-state index in [2.05, 4.69) is 55.4 Å². The SMILES string of the molecule is C=Cc1ccc(-c2ccc(OCCOc3ccc(OC)c(OC)c3)c(P)c2P)cc1. The van der Waals surface area contributed by atoms with Crippen molar-refractivity contribution in [3.05, 3.63) is 66.7 Å². The molecule has 2 atom stereocenters. The molecule has 30 heavy (non-hydrogen) atoms. The molecule has 0 aliphatic carbocycles. The minimum atomic E-state index is 0.413. The number of benzene rings is 3.